The molecule has 1 aromatic carbocycles. The standard InChI is InChI=1S/C18H27N5O5/c1-9(24)16(26)7-13(19)17-20-8-15(23-17)12-5-4-11(22-18(27)28-3)6-14(12)21-10(2)25/h4-6,8-10,13,16,21,24-26H,7,19H2,1-3H3,(H,20,23)(H,22,27)/t9?,10?,13-,16+/m0/s1. The van der Waals surface area contributed by atoms with Crippen molar-refractivity contribution in [1.82, 2.24) is 9.97 Å². The van der Waals surface area contributed by atoms with Crippen LogP contribution in [0.4, 0.5) is 16.2 Å². The summed E-state index contributed by atoms with van der Waals surface area (Å²) in [7, 11) is 1.27. The van der Waals surface area contributed by atoms with Crippen molar-refractivity contribution in [2.45, 2.75) is 44.7 Å². The average Bonchev–Trinajstić information content (AvgIpc) is 3.11. The fraction of sp³-hybridized carbons (Fsp3) is 0.444. The van der Waals surface area contributed by atoms with Crippen LogP contribution in [0.2, 0.25) is 0 Å². The lowest BCUT2D eigenvalue weighted by molar-refractivity contribution is 0.0216. The van der Waals surface area contributed by atoms with Gasteiger partial charge in [-0.3, -0.25) is 5.32 Å². The molecule has 10 heteroatoms. The summed E-state index contributed by atoms with van der Waals surface area (Å²) in [5.74, 6) is 0.453. The van der Waals surface area contributed by atoms with E-state index in [2.05, 4.69) is 25.3 Å². The predicted octanol–water partition coefficient (Wildman–Crippen LogP) is 1.14. The number of aliphatic hydroxyl groups excluding tert-OH is 3. The highest BCUT2D eigenvalue weighted by Crippen LogP contribution is 2.31. The maximum Gasteiger partial charge on any atom is 0.411 e. The van der Waals surface area contributed by atoms with E-state index in [9.17, 15) is 20.1 Å². The molecule has 0 radical (unpaired) electrons. The molecule has 28 heavy (non-hydrogen) atoms. The van der Waals surface area contributed by atoms with Crippen LogP contribution in [0.15, 0.2) is 24.4 Å². The lowest BCUT2D eigenvalue weighted by Gasteiger charge is -2.17. The number of H-pyrrole nitrogens is 1. The van der Waals surface area contributed by atoms with E-state index in [0.29, 0.717) is 28.5 Å². The second-order valence-corrected chi connectivity index (χ2v) is 6.53. The second kappa shape index (κ2) is 9.51. The summed E-state index contributed by atoms with van der Waals surface area (Å²) in [5.41, 5.74) is 8.41. The van der Waals surface area contributed by atoms with Crippen molar-refractivity contribution < 1.29 is 24.9 Å². The Kier molecular flexibility index (Phi) is 7.35. The Balaban J connectivity index is 2.28. The van der Waals surface area contributed by atoms with Gasteiger partial charge in [-0.15, -0.1) is 0 Å². The van der Waals surface area contributed by atoms with E-state index >= 15 is 0 Å². The Hall–Kier alpha value is -2.66. The Labute approximate surface area is 162 Å². The SMILES string of the molecule is COC(=O)Nc1ccc(-c2cnc([C@@H](N)C[C@@H](O)C(C)O)[nH]2)c(NC(C)O)c1. The first-order chi connectivity index (χ1) is 13.2. The molecule has 0 bridgehead atoms. The van der Waals surface area contributed by atoms with Crippen LogP contribution in [0.5, 0.6) is 0 Å². The average molecular weight is 393 g/mol. The number of aliphatic hydroxyl groups is 3. The number of nitrogens with two attached hydrogens (primary N) is 1. The van der Waals surface area contributed by atoms with Crippen molar-refractivity contribution in [2.24, 2.45) is 5.73 Å². The van der Waals surface area contributed by atoms with Gasteiger partial charge in [0.1, 0.15) is 12.1 Å². The minimum atomic E-state index is -0.959. The number of carbonyl (C=O) groups excluding carboxylic acids is 1. The van der Waals surface area contributed by atoms with Crippen molar-refractivity contribution in [3.05, 3.63) is 30.2 Å². The molecular weight excluding hydrogens is 366 g/mol. The quantitative estimate of drug-likeness (QED) is 0.328. The number of imidazole rings is 1. The van der Waals surface area contributed by atoms with E-state index in [4.69, 9.17) is 5.73 Å². The highest BCUT2D eigenvalue weighted by Gasteiger charge is 2.20. The van der Waals surface area contributed by atoms with Crippen molar-refractivity contribution in [2.75, 3.05) is 17.7 Å². The molecule has 0 aliphatic heterocycles. The number of anilines is 2. The van der Waals surface area contributed by atoms with Crippen molar-refractivity contribution >= 4 is 17.5 Å². The van der Waals surface area contributed by atoms with Crippen molar-refractivity contribution in [3.63, 3.8) is 0 Å². The largest absolute Gasteiger partial charge is 0.453 e. The lowest BCUT2D eigenvalue weighted by atomic mass is 10.1. The van der Waals surface area contributed by atoms with Gasteiger partial charge in [-0.05, 0) is 38.5 Å². The van der Waals surface area contributed by atoms with Gasteiger partial charge in [-0.2, -0.15) is 0 Å². The number of hydrogen-bond acceptors (Lipinski definition) is 8. The van der Waals surface area contributed by atoms with Gasteiger partial charge in [-0.25, -0.2) is 9.78 Å². The first kappa shape index (κ1) is 21.6. The molecule has 0 saturated carbocycles. The number of methoxy groups -OCH3 is 1. The van der Waals surface area contributed by atoms with Gasteiger partial charge in [0.15, 0.2) is 0 Å². The summed E-state index contributed by atoms with van der Waals surface area (Å²) in [6.07, 6.45) is -1.57. The van der Waals surface area contributed by atoms with Crippen molar-refractivity contribution in [1.29, 1.82) is 0 Å². The van der Waals surface area contributed by atoms with E-state index < -0.39 is 30.6 Å². The number of aromatic amines is 1. The normalized spacial score (nSPS) is 15.4. The highest BCUT2D eigenvalue weighted by atomic mass is 16.5. The first-order valence-electron chi connectivity index (χ1n) is 8.81. The summed E-state index contributed by atoms with van der Waals surface area (Å²) >= 11 is 0. The summed E-state index contributed by atoms with van der Waals surface area (Å²) < 4.78 is 4.58. The predicted molar refractivity (Wildman–Crippen MR) is 105 cm³/mol. The molecule has 8 N–H and O–H groups in total. The summed E-state index contributed by atoms with van der Waals surface area (Å²) in [5, 5.41) is 34.4. The molecule has 2 rings (SSSR count). The number of benzene rings is 1. The number of nitrogens with one attached hydrogen (secondary N) is 3. The van der Waals surface area contributed by atoms with Crippen LogP contribution in [-0.4, -0.2) is 56.9 Å². The third-order valence-electron chi connectivity index (χ3n) is 4.10. The number of ether oxygens (including phenoxy) is 1. The number of carbonyl (C=O) groups is 1. The minimum Gasteiger partial charge on any atom is -0.453 e. The fourth-order valence-electron chi connectivity index (χ4n) is 2.60. The minimum absolute atomic E-state index is 0.144. The first-order valence-corrected chi connectivity index (χ1v) is 8.81. The van der Waals surface area contributed by atoms with Gasteiger partial charge in [0, 0.05) is 16.9 Å². The van der Waals surface area contributed by atoms with Crippen LogP contribution in [-0.2, 0) is 4.74 Å². The van der Waals surface area contributed by atoms with Crippen LogP contribution in [0, 0.1) is 0 Å². The second-order valence-electron chi connectivity index (χ2n) is 6.53. The maximum absolute atomic E-state index is 11.4. The zero-order chi connectivity index (χ0) is 20.8. The number of aromatic nitrogens is 2. The fourth-order valence-corrected chi connectivity index (χ4v) is 2.60. The monoisotopic (exact) mass is 393 g/mol. The molecule has 2 aromatic rings. The topological polar surface area (TPSA) is 166 Å². The van der Waals surface area contributed by atoms with Crippen LogP contribution < -0.4 is 16.4 Å². The Morgan fingerprint density at radius 2 is 2.04 bits per heavy atom. The number of hydrogen-bond donors (Lipinski definition) is 7. The van der Waals surface area contributed by atoms with E-state index in [1.165, 1.54) is 14.0 Å². The molecule has 0 spiro atoms. The molecule has 10 nitrogen and oxygen atoms in total. The molecule has 2 unspecified atom stereocenters. The summed E-state index contributed by atoms with van der Waals surface area (Å²) in [6.45, 7) is 3.05. The van der Waals surface area contributed by atoms with Crippen LogP contribution in [0.1, 0.15) is 32.1 Å². The van der Waals surface area contributed by atoms with Gasteiger partial charge in [0.05, 0.1) is 37.3 Å². The summed E-state index contributed by atoms with van der Waals surface area (Å²) in [6, 6.07) is 4.48. The zero-order valence-electron chi connectivity index (χ0n) is 16.0. The third-order valence-corrected chi connectivity index (χ3v) is 4.10. The van der Waals surface area contributed by atoms with Gasteiger partial charge in [0.2, 0.25) is 0 Å². The third kappa shape index (κ3) is 5.67. The number of amides is 1. The maximum atomic E-state index is 11.4. The molecule has 1 amide bonds. The van der Waals surface area contributed by atoms with Gasteiger partial charge in [-0.1, -0.05) is 0 Å². The van der Waals surface area contributed by atoms with Crippen LogP contribution >= 0.6 is 0 Å². The van der Waals surface area contributed by atoms with Gasteiger partial charge in [0.25, 0.3) is 0 Å². The summed E-state index contributed by atoms with van der Waals surface area (Å²) in [4.78, 5) is 18.8. The molecule has 4 atom stereocenters. The molecule has 0 saturated heterocycles. The van der Waals surface area contributed by atoms with E-state index in [0.717, 1.165) is 0 Å². The molecule has 0 fully saturated rings. The Morgan fingerprint density at radius 1 is 1.32 bits per heavy atom. The zero-order valence-corrected chi connectivity index (χ0v) is 16.0. The van der Waals surface area contributed by atoms with E-state index in [1.807, 2.05) is 0 Å². The molecular formula is C18H27N5O5. The number of nitrogens with zero attached hydrogens (tertiary/aromatic N) is 1. The molecule has 1 heterocycles. The molecule has 0 aliphatic rings. The smallest absolute Gasteiger partial charge is 0.411 e. The lowest BCUT2D eigenvalue weighted by Crippen LogP contribution is -2.28. The molecule has 1 aromatic heterocycles. The van der Waals surface area contributed by atoms with Gasteiger partial charge >= 0.3 is 6.09 Å². The molecule has 154 valence electrons. The van der Waals surface area contributed by atoms with Crippen LogP contribution in [0.3, 0.4) is 0 Å². The Bertz CT molecular complexity index is 792. The van der Waals surface area contributed by atoms with Gasteiger partial charge < -0.3 is 36.1 Å². The van der Waals surface area contributed by atoms with E-state index in [1.54, 1.807) is 31.3 Å². The van der Waals surface area contributed by atoms with E-state index in [-0.39, 0.29) is 6.42 Å². The highest BCUT2D eigenvalue weighted by molar-refractivity contribution is 5.88. The number of rotatable bonds is 8. The van der Waals surface area contributed by atoms with Crippen LogP contribution in [0.25, 0.3) is 11.3 Å². The van der Waals surface area contributed by atoms with Crippen molar-refractivity contribution in [3.8, 4) is 11.3 Å². The Morgan fingerprint density at radius 3 is 2.64 bits per heavy atom. The molecule has 0 aliphatic carbocycles.